The van der Waals surface area contributed by atoms with Crippen LogP contribution in [0, 0.1) is 6.92 Å². The van der Waals surface area contributed by atoms with Crippen LogP contribution in [0.3, 0.4) is 0 Å². The predicted octanol–water partition coefficient (Wildman–Crippen LogP) is 2.86. The molecule has 1 aliphatic rings. The fraction of sp³-hybridized carbons (Fsp3) is 0.500. The molecule has 0 spiro atoms. The van der Waals surface area contributed by atoms with Gasteiger partial charge < -0.3 is 10.2 Å². The van der Waals surface area contributed by atoms with E-state index in [1.165, 1.54) is 0 Å². The molecule has 1 aromatic carbocycles. The van der Waals surface area contributed by atoms with Gasteiger partial charge in [0.25, 0.3) is 0 Å². The van der Waals surface area contributed by atoms with Crippen LogP contribution in [0.2, 0.25) is 0 Å². The lowest BCUT2D eigenvalue weighted by atomic mass is 9.97. The largest absolute Gasteiger partial charge is 0.308 e. The van der Waals surface area contributed by atoms with Crippen molar-refractivity contribution in [2.45, 2.75) is 32.7 Å². The highest BCUT2D eigenvalue weighted by Gasteiger charge is 2.33. The number of carbonyl (C=O) groups excluding carboxylic acids is 1. The second-order valence-corrected chi connectivity index (χ2v) is 6.26. The first-order chi connectivity index (χ1) is 8.42. The highest BCUT2D eigenvalue weighted by molar-refractivity contribution is 9.10. The van der Waals surface area contributed by atoms with Gasteiger partial charge in [-0.1, -0.05) is 15.9 Å². The van der Waals surface area contributed by atoms with Gasteiger partial charge in [0.2, 0.25) is 5.91 Å². The fourth-order valence-corrected chi connectivity index (χ4v) is 2.63. The first-order valence-corrected chi connectivity index (χ1v) is 7.01. The molecule has 0 atom stereocenters. The molecule has 1 saturated heterocycles. The minimum atomic E-state index is -0.152. The Morgan fingerprint density at radius 1 is 1.39 bits per heavy atom. The van der Waals surface area contributed by atoms with E-state index in [0.717, 1.165) is 28.7 Å². The molecule has 0 saturated carbocycles. The molecular weight excluding hydrogens is 292 g/mol. The zero-order chi connectivity index (χ0) is 13.3. The van der Waals surface area contributed by atoms with Crippen LogP contribution in [0.25, 0.3) is 0 Å². The maximum Gasteiger partial charge on any atom is 0.241 e. The van der Waals surface area contributed by atoms with Crippen LogP contribution in [0.1, 0.15) is 25.8 Å². The first kappa shape index (κ1) is 13.6. The molecule has 1 fully saturated rings. The minimum Gasteiger partial charge on any atom is -0.308 e. The van der Waals surface area contributed by atoms with Gasteiger partial charge in [-0.15, -0.1) is 0 Å². The normalized spacial score (nSPS) is 19.8. The zero-order valence-electron chi connectivity index (χ0n) is 11.1. The van der Waals surface area contributed by atoms with Crippen molar-refractivity contribution in [3.8, 4) is 0 Å². The molecular formula is C14H19BrN2O. The van der Waals surface area contributed by atoms with E-state index in [1.54, 1.807) is 0 Å². The summed E-state index contributed by atoms with van der Waals surface area (Å²) in [6.45, 7) is 7.58. The number of carbonyl (C=O) groups is 1. The van der Waals surface area contributed by atoms with Crippen LogP contribution in [-0.4, -0.2) is 24.5 Å². The van der Waals surface area contributed by atoms with Gasteiger partial charge in [-0.25, -0.2) is 0 Å². The van der Waals surface area contributed by atoms with Crippen molar-refractivity contribution in [1.82, 2.24) is 5.32 Å². The number of aryl methyl sites for hydroxylation is 1. The molecule has 1 aliphatic heterocycles. The minimum absolute atomic E-state index is 0.138. The molecule has 0 bridgehead atoms. The number of nitrogens with one attached hydrogen (secondary N) is 1. The van der Waals surface area contributed by atoms with Crippen LogP contribution in [0.5, 0.6) is 0 Å². The average molecular weight is 311 g/mol. The Labute approximate surface area is 117 Å². The number of halogens is 1. The van der Waals surface area contributed by atoms with E-state index in [0.29, 0.717) is 6.54 Å². The molecule has 3 nitrogen and oxygen atoms in total. The van der Waals surface area contributed by atoms with E-state index in [-0.39, 0.29) is 11.4 Å². The molecule has 98 valence electrons. The lowest BCUT2D eigenvalue weighted by Crippen LogP contribution is -2.48. The third-order valence-corrected chi connectivity index (χ3v) is 4.33. The number of rotatable bonds is 1. The Balaban J connectivity index is 2.43. The molecule has 0 aliphatic carbocycles. The second kappa shape index (κ2) is 5.02. The lowest BCUT2D eigenvalue weighted by molar-refractivity contribution is -0.118. The van der Waals surface area contributed by atoms with Gasteiger partial charge >= 0.3 is 0 Å². The molecule has 2 rings (SSSR count). The highest BCUT2D eigenvalue weighted by atomic mass is 79.9. The van der Waals surface area contributed by atoms with Gasteiger partial charge in [0.1, 0.15) is 0 Å². The van der Waals surface area contributed by atoms with Crippen molar-refractivity contribution in [3.63, 3.8) is 0 Å². The van der Waals surface area contributed by atoms with E-state index < -0.39 is 0 Å². The standard InChI is InChI=1S/C14H19BrN2O/c1-10-8-11(4-5-12(10)15)17-13(18)9-16-7-6-14(17,2)3/h4-5,8,16H,6-7,9H2,1-3H3. The number of amides is 1. The topological polar surface area (TPSA) is 32.3 Å². The summed E-state index contributed by atoms with van der Waals surface area (Å²) in [5.41, 5.74) is 1.98. The monoisotopic (exact) mass is 310 g/mol. The number of anilines is 1. The molecule has 1 N–H and O–H groups in total. The van der Waals surface area contributed by atoms with Crippen molar-refractivity contribution in [2.75, 3.05) is 18.0 Å². The number of benzene rings is 1. The molecule has 1 heterocycles. The number of hydrogen-bond donors (Lipinski definition) is 1. The summed E-state index contributed by atoms with van der Waals surface area (Å²) in [6, 6.07) is 6.07. The van der Waals surface area contributed by atoms with Gasteiger partial charge in [-0.05, 0) is 57.5 Å². The molecule has 1 aromatic rings. The Kier molecular flexibility index (Phi) is 3.78. The molecule has 1 amide bonds. The smallest absolute Gasteiger partial charge is 0.241 e. The van der Waals surface area contributed by atoms with Crippen molar-refractivity contribution >= 4 is 27.5 Å². The van der Waals surface area contributed by atoms with E-state index >= 15 is 0 Å². The van der Waals surface area contributed by atoms with E-state index in [4.69, 9.17) is 0 Å². The van der Waals surface area contributed by atoms with Gasteiger partial charge in [-0.3, -0.25) is 4.79 Å². The summed E-state index contributed by atoms with van der Waals surface area (Å²) in [5, 5.41) is 3.18. The molecule has 4 heteroatoms. The van der Waals surface area contributed by atoms with Crippen molar-refractivity contribution in [2.24, 2.45) is 0 Å². The SMILES string of the molecule is Cc1cc(N2C(=O)CNCCC2(C)C)ccc1Br. The summed E-state index contributed by atoms with van der Waals surface area (Å²) in [7, 11) is 0. The van der Waals surface area contributed by atoms with E-state index in [9.17, 15) is 4.79 Å². The van der Waals surface area contributed by atoms with Crippen molar-refractivity contribution in [1.29, 1.82) is 0 Å². The molecule has 0 unspecified atom stereocenters. The number of hydrogen-bond acceptors (Lipinski definition) is 2. The van der Waals surface area contributed by atoms with Crippen LogP contribution < -0.4 is 10.2 Å². The quantitative estimate of drug-likeness (QED) is 0.865. The fourth-order valence-electron chi connectivity index (χ4n) is 2.38. The zero-order valence-corrected chi connectivity index (χ0v) is 12.7. The molecule has 0 radical (unpaired) electrons. The summed E-state index contributed by atoms with van der Waals surface area (Å²) in [5.74, 6) is 0.138. The maximum atomic E-state index is 12.3. The van der Waals surface area contributed by atoms with Crippen molar-refractivity contribution < 1.29 is 4.79 Å². The third kappa shape index (κ3) is 2.59. The summed E-state index contributed by atoms with van der Waals surface area (Å²) in [6.07, 6.45) is 0.952. The van der Waals surface area contributed by atoms with Gasteiger partial charge in [0, 0.05) is 15.7 Å². The van der Waals surface area contributed by atoms with Crippen LogP contribution in [0.4, 0.5) is 5.69 Å². The third-order valence-electron chi connectivity index (χ3n) is 3.44. The molecule has 18 heavy (non-hydrogen) atoms. The highest BCUT2D eigenvalue weighted by Crippen LogP contribution is 2.30. The summed E-state index contributed by atoms with van der Waals surface area (Å²) < 4.78 is 1.07. The lowest BCUT2D eigenvalue weighted by Gasteiger charge is -2.37. The summed E-state index contributed by atoms with van der Waals surface area (Å²) >= 11 is 3.50. The Morgan fingerprint density at radius 2 is 2.11 bits per heavy atom. The van der Waals surface area contributed by atoms with E-state index in [2.05, 4.69) is 41.2 Å². The maximum absolute atomic E-state index is 12.3. The molecule has 0 aromatic heterocycles. The Hall–Kier alpha value is -0.870. The predicted molar refractivity (Wildman–Crippen MR) is 77.9 cm³/mol. The van der Waals surface area contributed by atoms with Crippen molar-refractivity contribution in [3.05, 3.63) is 28.2 Å². The number of nitrogens with zero attached hydrogens (tertiary/aromatic N) is 1. The van der Waals surface area contributed by atoms with Gasteiger partial charge in [0.15, 0.2) is 0 Å². The Morgan fingerprint density at radius 3 is 2.78 bits per heavy atom. The Bertz CT molecular complexity index is 471. The van der Waals surface area contributed by atoms with E-state index in [1.807, 2.05) is 24.0 Å². The van der Waals surface area contributed by atoms with Gasteiger partial charge in [0.05, 0.1) is 6.54 Å². The first-order valence-electron chi connectivity index (χ1n) is 6.22. The van der Waals surface area contributed by atoms with Crippen LogP contribution >= 0.6 is 15.9 Å². The van der Waals surface area contributed by atoms with Crippen LogP contribution in [0.15, 0.2) is 22.7 Å². The average Bonchev–Trinajstić information content (AvgIpc) is 2.41. The van der Waals surface area contributed by atoms with Gasteiger partial charge in [-0.2, -0.15) is 0 Å². The second-order valence-electron chi connectivity index (χ2n) is 5.40. The summed E-state index contributed by atoms with van der Waals surface area (Å²) in [4.78, 5) is 14.2. The van der Waals surface area contributed by atoms with Crippen LogP contribution in [-0.2, 0) is 4.79 Å².